The molecule has 1 aromatic carbocycles. The highest BCUT2D eigenvalue weighted by molar-refractivity contribution is 6.01. The minimum atomic E-state index is -0.293. The van der Waals surface area contributed by atoms with Gasteiger partial charge in [0.05, 0.1) is 0 Å². The van der Waals surface area contributed by atoms with Gasteiger partial charge in [0.2, 0.25) is 11.8 Å². The molecule has 1 aliphatic rings. The molecular formula is C15H19N3O3. The smallest absolute Gasteiger partial charge is 0.326 e. The zero-order chi connectivity index (χ0) is 15.4. The highest BCUT2D eigenvalue weighted by Gasteiger charge is 2.32. The lowest BCUT2D eigenvalue weighted by atomic mass is 10.2. The maximum absolute atomic E-state index is 11.8. The van der Waals surface area contributed by atoms with Crippen LogP contribution in [-0.4, -0.2) is 47.8 Å². The summed E-state index contributed by atoms with van der Waals surface area (Å²) in [6.45, 7) is 2.36. The lowest BCUT2D eigenvalue weighted by Crippen LogP contribution is -2.32. The molecule has 0 bridgehead atoms. The summed E-state index contributed by atoms with van der Waals surface area (Å²) >= 11 is 0. The molecule has 0 spiro atoms. The lowest BCUT2D eigenvalue weighted by Gasteiger charge is -2.13. The maximum Gasteiger partial charge on any atom is 0.326 e. The van der Waals surface area contributed by atoms with Crippen LogP contribution in [0.25, 0.3) is 0 Å². The largest absolute Gasteiger partial charge is 0.326 e. The summed E-state index contributed by atoms with van der Waals surface area (Å²) in [5, 5.41) is 2.80. The first kappa shape index (κ1) is 15.0. The van der Waals surface area contributed by atoms with Gasteiger partial charge in [-0.3, -0.25) is 14.5 Å². The van der Waals surface area contributed by atoms with Crippen molar-refractivity contribution in [2.75, 3.05) is 25.5 Å². The molecule has 1 N–H and O–H groups in total. The SMILES string of the molecule is Cc1cccc(NC(=O)CCCN2C(=O)CN(C)C2=O)c1. The van der Waals surface area contributed by atoms with Crippen LogP contribution in [0.1, 0.15) is 18.4 Å². The van der Waals surface area contributed by atoms with Gasteiger partial charge >= 0.3 is 6.03 Å². The van der Waals surface area contributed by atoms with E-state index in [9.17, 15) is 14.4 Å². The van der Waals surface area contributed by atoms with E-state index in [-0.39, 0.29) is 37.4 Å². The summed E-state index contributed by atoms with van der Waals surface area (Å²) in [6, 6.07) is 7.26. The van der Waals surface area contributed by atoms with Crippen molar-refractivity contribution in [2.45, 2.75) is 19.8 Å². The number of benzene rings is 1. The van der Waals surface area contributed by atoms with E-state index in [2.05, 4.69) is 5.32 Å². The van der Waals surface area contributed by atoms with Gasteiger partial charge < -0.3 is 10.2 Å². The Morgan fingerprint density at radius 3 is 2.71 bits per heavy atom. The normalized spacial score (nSPS) is 14.8. The zero-order valence-electron chi connectivity index (χ0n) is 12.3. The molecule has 1 saturated heterocycles. The third-order valence-corrected chi connectivity index (χ3v) is 3.32. The number of nitrogens with zero attached hydrogens (tertiary/aromatic N) is 2. The molecule has 0 aliphatic carbocycles. The molecule has 112 valence electrons. The van der Waals surface area contributed by atoms with Gasteiger partial charge in [-0.2, -0.15) is 0 Å². The minimum absolute atomic E-state index is 0.118. The number of carbonyl (C=O) groups is 3. The van der Waals surface area contributed by atoms with Crippen LogP contribution < -0.4 is 5.32 Å². The molecule has 1 fully saturated rings. The number of anilines is 1. The molecule has 6 nitrogen and oxygen atoms in total. The monoisotopic (exact) mass is 289 g/mol. The van der Waals surface area contributed by atoms with Crippen molar-refractivity contribution in [2.24, 2.45) is 0 Å². The van der Waals surface area contributed by atoms with Crippen LogP contribution in [0, 0.1) is 6.92 Å². The van der Waals surface area contributed by atoms with Crippen LogP contribution in [0.5, 0.6) is 0 Å². The molecule has 1 aliphatic heterocycles. The van der Waals surface area contributed by atoms with E-state index < -0.39 is 0 Å². The summed E-state index contributed by atoms with van der Waals surface area (Å²) in [5.41, 5.74) is 1.83. The standard InChI is InChI=1S/C15H19N3O3/c1-11-5-3-6-12(9-11)16-13(19)7-4-8-18-14(20)10-17(2)15(18)21/h3,5-6,9H,4,7-8,10H2,1-2H3,(H,16,19). The first-order chi connectivity index (χ1) is 9.97. The Kier molecular flexibility index (Phi) is 4.57. The highest BCUT2D eigenvalue weighted by atomic mass is 16.2. The number of nitrogens with one attached hydrogen (secondary N) is 1. The van der Waals surface area contributed by atoms with E-state index in [1.807, 2.05) is 31.2 Å². The van der Waals surface area contributed by atoms with Crippen LogP contribution in [0.2, 0.25) is 0 Å². The van der Waals surface area contributed by atoms with Gasteiger partial charge in [-0.1, -0.05) is 12.1 Å². The van der Waals surface area contributed by atoms with Crippen molar-refractivity contribution >= 4 is 23.5 Å². The molecular weight excluding hydrogens is 270 g/mol. The second-order valence-electron chi connectivity index (χ2n) is 5.21. The fraction of sp³-hybridized carbons (Fsp3) is 0.400. The van der Waals surface area contributed by atoms with Crippen LogP contribution in [0.15, 0.2) is 24.3 Å². The number of urea groups is 1. The molecule has 1 aromatic rings. The molecule has 6 heteroatoms. The number of hydrogen-bond acceptors (Lipinski definition) is 3. The van der Waals surface area contributed by atoms with Crippen molar-refractivity contribution in [3.63, 3.8) is 0 Å². The summed E-state index contributed by atoms with van der Waals surface area (Å²) in [5.74, 6) is -0.324. The molecule has 0 radical (unpaired) electrons. The number of imide groups is 1. The fourth-order valence-corrected chi connectivity index (χ4v) is 2.23. The van der Waals surface area contributed by atoms with Gasteiger partial charge in [-0.25, -0.2) is 4.79 Å². The summed E-state index contributed by atoms with van der Waals surface area (Å²) in [4.78, 5) is 37.6. The number of carbonyl (C=O) groups excluding carboxylic acids is 3. The Labute approximate surface area is 123 Å². The fourth-order valence-electron chi connectivity index (χ4n) is 2.23. The third-order valence-electron chi connectivity index (χ3n) is 3.32. The number of aryl methyl sites for hydroxylation is 1. The Bertz CT molecular complexity index is 571. The Morgan fingerprint density at radius 1 is 1.33 bits per heavy atom. The Hall–Kier alpha value is -2.37. The molecule has 2 rings (SSSR count). The van der Waals surface area contributed by atoms with E-state index in [0.717, 1.165) is 11.3 Å². The summed E-state index contributed by atoms with van der Waals surface area (Å²) in [6.07, 6.45) is 0.734. The third kappa shape index (κ3) is 3.81. The molecule has 0 aromatic heterocycles. The Balaban J connectivity index is 1.77. The van der Waals surface area contributed by atoms with Gasteiger partial charge in [0, 0.05) is 25.7 Å². The zero-order valence-corrected chi connectivity index (χ0v) is 12.3. The molecule has 21 heavy (non-hydrogen) atoms. The van der Waals surface area contributed by atoms with E-state index in [1.165, 1.54) is 9.80 Å². The average molecular weight is 289 g/mol. The molecule has 1 heterocycles. The van der Waals surface area contributed by atoms with Crippen LogP contribution in [0.3, 0.4) is 0 Å². The van der Waals surface area contributed by atoms with Crippen LogP contribution in [0.4, 0.5) is 10.5 Å². The van der Waals surface area contributed by atoms with Gasteiger partial charge in [0.25, 0.3) is 0 Å². The van der Waals surface area contributed by atoms with Gasteiger partial charge in [0.15, 0.2) is 0 Å². The van der Waals surface area contributed by atoms with E-state index in [1.54, 1.807) is 7.05 Å². The van der Waals surface area contributed by atoms with Crippen molar-refractivity contribution in [3.8, 4) is 0 Å². The van der Waals surface area contributed by atoms with E-state index in [4.69, 9.17) is 0 Å². The molecule has 4 amide bonds. The number of amides is 4. The lowest BCUT2D eigenvalue weighted by molar-refractivity contribution is -0.125. The van der Waals surface area contributed by atoms with Gasteiger partial charge in [0.1, 0.15) is 6.54 Å². The molecule has 0 unspecified atom stereocenters. The second-order valence-corrected chi connectivity index (χ2v) is 5.21. The molecule has 0 atom stereocenters. The van der Waals surface area contributed by atoms with Crippen LogP contribution in [-0.2, 0) is 9.59 Å². The minimum Gasteiger partial charge on any atom is -0.326 e. The average Bonchev–Trinajstić information content (AvgIpc) is 2.65. The van der Waals surface area contributed by atoms with Crippen molar-refractivity contribution in [1.82, 2.24) is 9.80 Å². The number of hydrogen-bond donors (Lipinski definition) is 1. The number of rotatable bonds is 5. The maximum atomic E-state index is 11.8. The predicted molar refractivity (Wildman–Crippen MR) is 78.8 cm³/mol. The summed E-state index contributed by atoms with van der Waals surface area (Å²) in [7, 11) is 1.59. The summed E-state index contributed by atoms with van der Waals surface area (Å²) < 4.78 is 0. The van der Waals surface area contributed by atoms with E-state index >= 15 is 0 Å². The van der Waals surface area contributed by atoms with Gasteiger partial charge in [-0.15, -0.1) is 0 Å². The second kappa shape index (κ2) is 6.39. The van der Waals surface area contributed by atoms with Crippen LogP contribution >= 0.6 is 0 Å². The van der Waals surface area contributed by atoms with Crippen molar-refractivity contribution in [3.05, 3.63) is 29.8 Å². The first-order valence-electron chi connectivity index (χ1n) is 6.89. The first-order valence-corrected chi connectivity index (χ1v) is 6.89. The Morgan fingerprint density at radius 2 is 2.10 bits per heavy atom. The quantitative estimate of drug-likeness (QED) is 0.837. The molecule has 0 saturated carbocycles. The highest BCUT2D eigenvalue weighted by Crippen LogP contribution is 2.12. The van der Waals surface area contributed by atoms with Crippen molar-refractivity contribution < 1.29 is 14.4 Å². The predicted octanol–water partition coefficient (Wildman–Crippen LogP) is 1.61. The van der Waals surface area contributed by atoms with E-state index in [0.29, 0.717) is 6.42 Å². The number of likely N-dealkylation sites (N-methyl/N-ethyl adjacent to an activating group) is 1. The topological polar surface area (TPSA) is 69.7 Å². The van der Waals surface area contributed by atoms with Crippen molar-refractivity contribution in [1.29, 1.82) is 0 Å². The van der Waals surface area contributed by atoms with Gasteiger partial charge in [-0.05, 0) is 31.0 Å².